The van der Waals surface area contributed by atoms with Crippen molar-refractivity contribution in [1.82, 2.24) is 0 Å². The second-order valence-corrected chi connectivity index (χ2v) is 2.00. The summed E-state index contributed by atoms with van der Waals surface area (Å²) in [4.78, 5) is 0. The molecule has 1 aromatic rings. The number of rotatable bonds is 2. The van der Waals surface area contributed by atoms with Crippen LogP contribution in [0.2, 0.25) is 0 Å². The van der Waals surface area contributed by atoms with Crippen LogP contribution in [0, 0.1) is 6.92 Å². The number of hydrogen-bond donors (Lipinski definition) is 1. The van der Waals surface area contributed by atoms with Crippen LogP contribution < -0.4 is 5.32 Å². The average molecular weight is 125 g/mol. The van der Waals surface area contributed by atoms with Gasteiger partial charge in [0.2, 0.25) is 0 Å². The zero-order valence-electron chi connectivity index (χ0n) is 5.77. The van der Waals surface area contributed by atoms with Crippen LogP contribution in [0.1, 0.15) is 12.5 Å². The van der Waals surface area contributed by atoms with E-state index in [1.807, 2.05) is 6.92 Å². The molecule has 0 amide bonds. The Morgan fingerprint density at radius 2 is 2.33 bits per heavy atom. The monoisotopic (exact) mass is 125 g/mol. The molecule has 0 aliphatic carbocycles. The number of aryl methyl sites for hydroxylation is 1. The molecule has 0 unspecified atom stereocenters. The molecule has 1 aromatic heterocycles. The summed E-state index contributed by atoms with van der Waals surface area (Å²) in [5.41, 5.74) is 2.26. The SMILES string of the molecule is CCNc1cocc1C. The molecule has 0 spiro atoms. The van der Waals surface area contributed by atoms with Crippen molar-refractivity contribution in [3.8, 4) is 0 Å². The predicted molar refractivity (Wildman–Crippen MR) is 37.6 cm³/mol. The molecule has 1 N–H and O–H groups in total. The van der Waals surface area contributed by atoms with Crippen molar-refractivity contribution in [2.75, 3.05) is 11.9 Å². The molecule has 0 fully saturated rings. The molecule has 1 rings (SSSR count). The van der Waals surface area contributed by atoms with Gasteiger partial charge in [-0.05, 0) is 13.8 Å². The maximum atomic E-state index is 4.94. The van der Waals surface area contributed by atoms with Crippen LogP contribution in [-0.2, 0) is 0 Å². The maximum absolute atomic E-state index is 4.94. The van der Waals surface area contributed by atoms with E-state index in [1.54, 1.807) is 12.5 Å². The first-order chi connectivity index (χ1) is 4.34. The number of furan rings is 1. The Kier molecular flexibility index (Phi) is 1.78. The summed E-state index contributed by atoms with van der Waals surface area (Å²) in [6.07, 6.45) is 3.46. The Morgan fingerprint density at radius 1 is 1.56 bits per heavy atom. The second kappa shape index (κ2) is 2.58. The van der Waals surface area contributed by atoms with E-state index in [-0.39, 0.29) is 0 Å². The largest absolute Gasteiger partial charge is 0.470 e. The molecule has 50 valence electrons. The van der Waals surface area contributed by atoms with Crippen LogP contribution in [-0.4, -0.2) is 6.54 Å². The second-order valence-electron chi connectivity index (χ2n) is 2.00. The topological polar surface area (TPSA) is 25.2 Å². The molecule has 9 heavy (non-hydrogen) atoms. The van der Waals surface area contributed by atoms with Crippen LogP contribution in [0.5, 0.6) is 0 Å². The molecular formula is C7H11NO. The third-order valence-electron chi connectivity index (χ3n) is 1.22. The number of anilines is 1. The minimum absolute atomic E-state index is 0.945. The molecular weight excluding hydrogens is 114 g/mol. The fraction of sp³-hybridized carbons (Fsp3) is 0.429. The molecule has 2 heteroatoms. The molecule has 0 saturated heterocycles. The molecule has 0 radical (unpaired) electrons. The highest BCUT2D eigenvalue weighted by Gasteiger charge is 1.95. The summed E-state index contributed by atoms with van der Waals surface area (Å²) in [6.45, 7) is 5.02. The molecule has 0 bridgehead atoms. The van der Waals surface area contributed by atoms with Crippen LogP contribution >= 0.6 is 0 Å². The lowest BCUT2D eigenvalue weighted by molar-refractivity contribution is 0.566. The third kappa shape index (κ3) is 1.25. The van der Waals surface area contributed by atoms with Crippen LogP contribution in [0.4, 0.5) is 5.69 Å². The lowest BCUT2D eigenvalue weighted by Gasteiger charge is -1.96. The number of nitrogens with one attached hydrogen (secondary N) is 1. The zero-order chi connectivity index (χ0) is 6.69. The lowest BCUT2D eigenvalue weighted by Crippen LogP contribution is -1.95. The van der Waals surface area contributed by atoms with Crippen molar-refractivity contribution in [2.45, 2.75) is 13.8 Å². The molecule has 0 saturated carbocycles. The van der Waals surface area contributed by atoms with E-state index in [4.69, 9.17) is 4.42 Å². The van der Waals surface area contributed by atoms with Gasteiger partial charge in [0.15, 0.2) is 0 Å². The van der Waals surface area contributed by atoms with Gasteiger partial charge >= 0.3 is 0 Å². The Labute approximate surface area is 54.9 Å². The van der Waals surface area contributed by atoms with E-state index >= 15 is 0 Å². The molecule has 0 aliphatic heterocycles. The van der Waals surface area contributed by atoms with Crippen LogP contribution in [0.25, 0.3) is 0 Å². The minimum Gasteiger partial charge on any atom is -0.470 e. The summed E-state index contributed by atoms with van der Waals surface area (Å²) in [7, 11) is 0. The van der Waals surface area contributed by atoms with Crippen LogP contribution in [0.15, 0.2) is 16.9 Å². The van der Waals surface area contributed by atoms with Gasteiger partial charge in [-0.3, -0.25) is 0 Å². The summed E-state index contributed by atoms with van der Waals surface area (Å²) in [5, 5.41) is 3.16. The van der Waals surface area contributed by atoms with Crippen molar-refractivity contribution in [3.05, 3.63) is 18.1 Å². The fourth-order valence-corrected chi connectivity index (χ4v) is 0.732. The van der Waals surface area contributed by atoms with Gasteiger partial charge in [-0.1, -0.05) is 0 Å². The molecule has 0 aromatic carbocycles. The van der Waals surface area contributed by atoms with E-state index in [0.717, 1.165) is 17.8 Å². The van der Waals surface area contributed by atoms with Gasteiger partial charge in [-0.15, -0.1) is 0 Å². The first kappa shape index (κ1) is 6.20. The molecule has 0 atom stereocenters. The van der Waals surface area contributed by atoms with E-state index < -0.39 is 0 Å². The predicted octanol–water partition coefficient (Wildman–Crippen LogP) is 2.02. The van der Waals surface area contributed by atoms with Crippen molar-refractivity contribution in [1.29, 1.82) is 0 Å². The Hall–Kier alpha value is -0.920. The molecule has 1 heterocycles. The lowest BCUT2D eigenvalue weighted by atomic mass is 10.3. The normalized spacial score (nSPS) is 9.56. The standard InChI is InChI=1S/C7H11NO/c1-3-8-7-5-9-4-6(7)2/h4-5,8H,3H2,1-2H3. The summed E-state index contributed by atoms with van der Waals surface area (Å²) < 4.78 is 4.94. The quantitative estimate of drug-likeness (QED) is 0.654. The Bertz CT molecular complexity index is 181. The summed E-state index contributed by atoms with van der Waals surface area (Å²) in [5.74, 6) is 0. The van der Waals surface area contributed by atoms with Crippen LogP contribution in [0.3, 0.4) is 0 Å². The average Bonchev–Trinajstić information content (AvgIpc) is 2.18. The van der Waals surface area contributed by atoms with Crippen molar-refractivity contribution < 1.29 is 4.42 Å². The van der Waals surface area contributed by atoms with Gasteiger partial charge in [-0.25, -0.2) is 0 Å². The van der Waals surface area contributed by atoms with Crippen molar-refractivity contribution in [3.63, 3.8) is 0 Å². The fourth-order valence-electron chi connectivity index (χ4n) is 0.732. The first-order valence-corrected chi connectivity index (χ1v) is 3.11. The zero-order valence-corrected chi connectivity index (χ0v) is 5.77. The van der Waals surface area contributed by atoms with Gasteiger partial charge < -0.3 is 9.73 Å². The first-order valence-electron chi connectivity index (χ1n) is 3.11. The third-order valence-corrected chi connectivity index (χ3v) is 1.22. The number of hydrogen-bond acceptors (Lipinski definition) is 2. The van der Waals surface area contributed by atoms with Gasteiger partial charge in [0.05, 0.1) is 12.0 Å². The van der Waals surface area contributed by atoms with Gasteiger partial charge in [0.1, 0.15) is 6.26 Å². The van der Waals surface area contributed by atoms with Crippen molar-refractivity contribution >= 4 is 5.69 Å². The highest BCUT2D eigenvalue weighted by molar-refractivity contribution is 5.46. The smallest absolute Gasteiger partial charge is 0.114 e. The van der Waals surface area contributed by atoms with E-state index in [9.17, 15) is 0 Å². The highest BCUT2D eigenvalue weighted by Crippen LogP contribution is 2.13. The van der Waals surface area contributed by atoms with Gasteiger partial charge in [0.25, 0.3) is 0 Å². The molecule has 2 nitrogen and oxygen atoms in total. The van der Waals surface area contributed by atoms with Gasteiger partial charge in [-0.2, -0.15) is 0 Å². The van der Waals surface area contributed by atoms with Crippen molar-refractivity contribution in [2.24, 2.45) is 0 Å². The highest BCUT2D eigenvalue weighted by atomic mass is 16.3. The van der Waals surface area contributed by atoms with E-state index in [1.165, 1.54) is 0 Å². The van der Waals surface area contributed by atoms with E-state index in [2.05, 4.69) is 12.2 Å². The minimum atomic E-state index is 0.945. The molecule has 0 aliphatic rings. The van der Waals surface area contributed by atoms with Gasteiger partial charge in [0, 0.05) is 12.1 Å². The maximum Gasteiger partial charge on any atom is 0.114 e. The summed E-state index contributed by atoms with van der Waals surface area (Å²) in [6, 6.07) is 0. The Balaban J connectivity index is 2.69. The summed E-state index contributed by atoms with van der Waals surface area (Å²) >= 11 is 0. The Morgan fingerprint density at radius 3 is 2.78 bits per heavy atom. The van der Waals surface area contributed by atoms with E-state index in [0.29, 0.717) is 0 Å².